The van der Waals surface area contributed by atoms with Crippen LogP contribution in [-0.2, 0) is 6.54 Å². The molecule has 21 heavy (non-hydrogen) atoms. The molecule has 0 fully saturated rings. The van der Waals surface area contributed by atoms with Crippen molar-refractivity contribution >= 4 is 23.0 Å². The molecule has 0 aliphatic rings. The molecule has 0 aliphatic carbocycles. The zero-order valence-corrected chi connectivity index (χ0v) is 13.9. The third kappa shape index (κ3) is 4.67. The van der Waals surface area contributed by atoms with E-state index in [2.05, 4.69) is 51.7 Å². The fourth-order valence-corrected chi connectivity index (χ4v) is 2.52. The summed E-state index contributed by atoms with van der Waals surface area (Å²) in [5, 5.41) is 9.80. The summed E-state index contributed by atoms with van der Waals surface area (Å²) in [7, 11) is 0. The molecular weight excluding hydrogens is 282 g/mol. The second-order valence-electron chi connectivity index (χ2n) is 5.31. The minimum absolute atomic E-state index is 0.302. The van der Waals surface area contributed by atoms with Gasteiger partial charge >= 0.3 is 0 Å². The maximum absolute atomic E-state index is 4.58. The summed E-state index contributed by atoms with van der Waals surface area (Å²) in [6.07, 6.45) is 1.07. The average molecular weight is 305 g/mol. The molecule has 2 N–H and O–H groups in total. The van der Waals surface area contributed by atoms with Crippen LogP contribution in [-0.4, -0.2) is 21.5 Å². The monoisotopic (exact) mass is 305 g/mol. The van der Waals surface area contributed by atoms with Crippen LogP contribution in [0.2, 0.25) is 0 Å². The van der Waals surface area contributed by atoms with Crippen LogP contribution in [0.4, 0.5) is 11.6 Å². The molecule has 0 bridgehead atoms. The second-order valence-corrected chi connectivity index (χ2v) is 6.26. The zero-order chi connectivity index (χ0) is 15.2. The van der Waals surface area contributed by atoms with Gasteiger partial charge in [0.25, 0.3) is 0 Å². The van der Waals surface area contributed by atoms with Crippen molar-refractivity contribution in [3.05, 3.63) is 28.0 Å². The van der Waals surface area contributed by atoms with Crippen molar-refractivity contribution in [2.24, 2.45) is 0 Å². The van der Waals surface area contributed by atoms with Gasteiger partial charge in [0, 0.05) is 29.6 Å². The molecule has 0 amide bonds. The van der Waals surface area contributed by atoms with Crippen LogP contribution in [0, 0.1) is 6.92 Å². The summed E-state index contributed by atoms with van der Waals surface area (Å²) in [5.74, 6) is 2.89. The van der Waals surface area contributed by atoms with Crippen LogP contribution in [0.15, 0.2) is 11.4 Å². The SMILES string of the molecule is CCCNc1cc(NCc2nc(C)cs2)nc(C(C)C)n1. The molecule has 0 radical (unpaired) electrons. The Morgan fingerprint density at radius 1 is 1.14 bits per heavy atom. The lowest BCUT2D eigenvalue weighted by Crippen LogP contribution is -2.09. The number of nitrogens with one attached hydrogen (secondary N) is 2. The highest BCUT2D eigenvalue weighted by Gasteiger charge is 2.08. The van der Waals surface area contributed by atoms with Gasteiger partial charge in [0.2, 0.25) is 0 Å². The van der Waals surface area contributed by atoms with Crippen molar-refractivity contribution < 1.29 is 0 Å². The number of nitrogens with zero attached hydrogens (tertiary/aromatic N) is 3. The summed E-state index contributed by atoms with van der Waals surface area (Å²) in [4.78, 5) is 13.6. The third-order valence-corrected chi connectivity index (χ3v) is 3.87. The Labute approximate surface area is 130 Å². The summed E-state index contributed by atoms with van der Waals surface area (Å²) >= 11 is 1.66. The smallest absolute Gasteiger partial charge is 0.135 e. The van der Waals surface area contributed by atoms with Gasteiger partial charge in [0.1, 0.15) is 22.5 Å². The number of hydrogen-bond acceptors (Lipinski definition) is 6. The first-order valence-corrected chi connectivity index (χ1v) is 8.24. The van der Waals surface area contributed by atoms with Gasteiger partial charge < -0.3 is 10.6 Å². The van der Waals surface area contributed by atoms with Gasteiger partial charge in [-0.25, -0.2) is 15.0 Å². The Morgan fingerprint density at radius 3 is 2.43 bits per heavy atom. The van der Waals surface area contributed by atoms with E-state index in [0.29, 0.717) is 12.5 Å². The van der Waals surface area contributed by atoms with Crippen LogP contribution in [0.1, 0.15) is 49.6 Å². The standard InChI is InChI=1S/C15H23N5S/c1-5-6-16-12-7-13(20-15(19-12)10(2)3)17-8-14-18-11(4)9-21-14/h7,9-10H,5-6,8H2,1-4H3,(H2,16,17,19,20). The minimum Gasteiger partial charge on any atom is -0.370 e. The number of anilines is 2. The van der Waals surface area contributed by atoms with Crippen molar-refractivity contribution in [3.63, 3.8) is 0 Å². The number of aromatic nitrogens is 3. The molecule has 0 aliphatic heterocycles. The Morgan fingerprint density at radius 2 is 1.86 bits per heavy atom. The summed E-state index contributed by atoms with van der Waals surface area (Å²) in [5.41, 5.74) is 1.06. The van der Waals surface area contributed by atoms with Gasteiger partial charge in [0.05, 0.1) is 6.54 Å². The predicted molar refractivity (Wildman–Crippen MR) is 89.1 cm³/mol. The van der Waals surface area contributed by atoms with Gasteiger partial charge in [0.15, 0.2) is 0 Å². The zero-order valence-electron chi connectivity index (χ0n) is 13.1. The second kappa shape index (κ2) is 7.36. The molecule has 0 saturated heterocycles. The molecule has 114 valence electrons. The molecule has 6 heteroatoms. The Hall–Kier alpha value is -1.69. The van der Waals surface area contributed by atoms with Crippen LogP contribution in [0.3, 0.4) is 0 Å². The first-order chi connectivity index (χ1) is 10.1. The molecule has 0 spiro atoms. The van der Waals surface area contributed by atoms with E-state index in [-0.39, 0.29) is 0 Å². The largest absolute Gasteiger partial charge is 0.370 e. The van der Waals surface area contributed by atoms with Gasteiger partial charge in [-0.1, -0.05) is 20.8 Å². The van der Waals surface area contributed by atoms with E-state index in [1.807, 2.05) is 13.0 Å². The highest BCUT2D eigenvalue weighted by atomic mass is 32.1. The number of hydrogen-bond donors (Lipinski definition) is 2. The predicted octanol–water partition coefficient (Wildman–Crippen LogP) is 3.80. The molecule has 0 aromatic carbocycles. The molecule has 2 aromatic heterocycles. The van der Waals surface area contributed by atoms with E-state index in [0.717, 1.165) is 41.1 Å². The Kier molecular flexibility index (Phi) is 5.50. The number of thiazole rings is 1. The van der Waals surface area contributed by atoms with Gasteiger partial charge in [-0.15, -0.1) is 11.3 Å². The van der Waals surface area contributed by atoms with Crippen LogP contribution < -0.4 is 10.6 Å². The molecule has 2 aromatic rings. The summed E-state index contributed by atoms with van der Waals surface area (Å²) in [6.45, 7) is 9.97. The van der Waals surface area contributed by atoms with Gasteiger partial charge in [-0.3, -0.25) is 0 Å². The maximum atomic E-state index is 4.58. The van der Waals surface area contributed by atoms with Crippen molar-refractivity contribution in [2.45, 2.75) is 46.6 Å². The lowest BCUT2D eigenvalue weighted by molar-refractivity contribution is 0.773. The topological polar surface area (TPSA) is 62.7 Å². The van der Waals surface area contributed by atoms with Crippen LogP contribution >= 0.6 is 11.3 Å². The highest BCUT2D eigenvalue weighted by Crippen LogP contribution is 2.18. The fraction of sp³-hybridized carbons (Fsp3) is 0.533. The maximum Gasteiger partial charge on any atom is 0.135 e. The van der Waals surface area contributed by atoms with Gasteiger partial charge in [-0.2, -0.15) is 0 Å². The minimum atomic E-state index is 0.302. The average Bonchev–Trinajstić information content (AvgIpc) is 2.88. The normalized spacial score (nSPS) is 10.9. The highest BCUT2D eigenvalue weighted by molar-refractivity contribution is 7.09. The van der Waals surface area contributed by atoms with Crippen molar-refractivity contribution in [1.29, 1.82) is 0 Å². The molecule has 0 unspecified atom stereocenters. The third-order valence-electron chi connectivity index (χ3n) is 2.90. The van der Waals surface area contributed by atoms with E-state index in [9.17, 15) is 0 Å². The summed E-state index contributed by atoms with van der Waals surface area (Å²) < 4.78 is 0. The molecule has 2 heterocycles. The van der Waals surface area contributed by atoms with Crippen molar-refractivity contribution in [2.75, 3.05) is 17.2 Å². The molecule has 0 atom stereocenters. The van der Waals surface area contributed by atoms with E-state index in [1.165, 1.54) is 0 Å². The first kappa shape index (κ1) is 15.7. The lowest BCUT2D eigenvalue weighted by Gasteiger charge is -2.12. The van der Waals surface area contributed by atoms with Crippen LogP contribution in [0.5, 0.6) is 0 Å². The van der Waals surface area contributed by atoms with Crippen molar-refractivity contribution in [1.82, 2.24) is 15.0 Å². The van der Waals surface area contributed by atoms with E-state index in [4.69, 9.17) is 0 Å². The van der Waals surface area contributed by atoms with E-state index in [1.54, 1.807) is 11.3 Å². The van der Waals surface area contributed by atoms with Crippen molar-refractivity contribution in [3.8, 4) is 0 Å². The lowest BCUT2D eigenvalue weighted by atomic mass is 10.2. The van der Waals surface area contributed by atoms with Gasteiger partial charge in [-0.05, 0) is 13.3 Å². The molecule has 0 saturated carbocycles. The Bertz CT molecular complexity index is 579. The first-order valence-electron chi connectivity index (χ1n) is 7.36. The van der Waals surface area contributed by atoms with E-state index >= 15 is 0 Å². The van der Waals surface area contributed by atoms with E-state index < -0.39 is 0 Å². The molecule has 2 rings (SSSR count). The molecular formula is C15H23N5S. The number of rotatable bonds is 7. The summed E-state index contributed by atoms with van der Waals surface area (Å²) in [6, 6.07) is 1.96. The van der Waals surface area contributed by atoms with Crippen LogP contribution in [0.25, 0.3) is 0 Å². The number of aryl methyl sites for hydroxylation is 1. The fourth-order valence-electron chi connectivity index (χ4n) is 1.81. The quantitative estimate of drug-likeness (QED) is 0.814. The Balaban J connectivity index is 2.11. The molecule has 5 nitrogen and oxygen atoms in total.